The Labute approximate surface area is 158 Å². The van der Waals surface area contributed by atoms with Gasteiger partial charge in [-0.25, -0.2) is 4.39 Å². The van der Waals surface area contributed by atoms with E-state index in [1.165, 1.54) is 6.07 Å². The summed E-state index contributed by atoms with van der Waals surface area (Å²) in [6, 6.07) is 15.3. The van der Waals surface area contributed by atoms with Crippen LogP contribution in [0.4, 0.5) is 4.39 Å². The standard InChI is InChI=1S/C21H23FN4O/c1-15-12-17(8-9-18(15)22)19-13-26(10-11-27-19)14-20-23-24-21(25(20)2)16-6-4-3-5-7-16/h3-9,12,19H,10-11,13-14H2,1-2H3. The van der Waals surface area contributed by atoms with Crippen LogP contribution in [0.25, 0.3) is 11.4 Å². The summed E-state index contributed by atoms with van der Waals surface area (Å²) in [7, 11) is 2.00. The van der Waals surface area contributed by atoms with E-state index in [0.29, 0.717) is 18.7 Å². The highest BCUT2D eigenvalue weighted by Crippen LogP contribution is 2.25. The van der Waals surface area contributed by atoms with Crippen molar-refractivity contribution in [3.8, 4) is 11.4 Å². The zero-order valence-corrected chi connectivity index (χ0v) is 15.6. The van der Waals surface area contributed by atoms with Crippen LogP contribution in [0.3, 0.4) is 0 Å². The van der Waals surface area contributed by atoms with Crippen molar-refractivity contribution >= 4 is 0 Å². The van der Waals surface area contributed by atoms with E-state index < -0.39 is 0 Å². The fourth-order valence-electron chi connectivity index (χ4n) is 3.45. The average molecular weight is 366 g/mol. The summed E-state index contributed by atoms with van der Waals surface area (Å²) in [6.07, 6.45) is -0.0557. The number of ether oxygens (including phenoxy) is 1. The summed E-state index contributed by atoms with van der Waals surface area (Å²) in [6.45, 7) is 4.72. The minimum Gasteiger partial charge on any atom is -0.371 e. The smallest absolute Gasteiger partial charge is 0.163 e. The topological polar surface area (TPSA) is 43.2 Å². The maximum Gasteiger partial charge on any atom is 0.163 e. The molecule has 140 valence electrons. The molecule has 0 spiro atoms. The van der Waals surface area contributed by atoms with Gasteiger partial charge < -0.3 is 9.30 Å². The molecule has 6 heteroatoms. The van der Waals surface area contributed by atoms with E-state index >= 15 is 0 Å². The fourth-order valence-corrected chi connectivity index (χ4v) is 3.45. The molecule has 0 bridgehead atoms. The molecule has 0 amide bonds. The lowest BCUT2D eigenvalue weighted by Gasteiger charge is -2.33. The second-order valence-electron chi connectivity index (χ2n) is 6.97. The highest BCUT2D eigenvalue weighted by atomic mass is 19.1. The fraction of sp³-hybridized carbons (Fsp3) is 0.333. The Balaban J connectivity index is 1.48. The van der Waals surface area contributed by atoms with E-state index in [0.717, 1.165) is 35.9 Å². The number of aryl methyl sites for hydroxylation is 1. The van der Waals surface area contributed by atoms with E-state index in [9.17, 15) is 4.39 Å². The second kappa shape index (κ2) is 7.58. The van der Waals surface area contributed by atoms with E-state index in [1.807, 2.05) is 54.1 Å². The van der Waals surface area contributed by atoms with Gasteiger partial charge >= 0.3 is 0 Å². The summed E-state index contributed by atoms with van der Waals surface area (Å²) in [5.41, 5.74) is 2.72. The predicted octanol–water partition coefficient (Wildman–Crippen LogP) is 3.50. The van der Waals surface area contributed by atoms with Crippen LogP contribution >= 0.6 is 0 Å². The summed E-state index contributed by atoms with van der Waals surface area (Å²) < 4.78 is 21.5. The van der Waals surface area contributed by atoms with Gasteiger partial charge in [0.05, 0.1) is 19.3 Å². The van der Waals surface area contributed by atoms with Crippen molar-refractivity contribution in [2.45, 2.75) is 19.6 Å². The maximum absolute atomic E-state index is 13.5. The molecule has 0 N–H and O–H groups in total. The van der Waals surface area contributed by atoms with Crippen LogP contribution in [0, 0.1) is 12.7 Å². The van der Waals surface area contributed by atoms with Crippen LogP contribution in [0.1, 0.15) is 23.1 Å². The minimum absolute atomic E-state index is 0.0557. The van der Waals surface area contributed by atoms with Crippen LogP contribution in [0.15, 0.2) is 48.5 Å². The van der Waals surface area contributed by atoms with E-state index in [4.69, 9.17) is 4.74 Å². The monoisotopic (exact) mass is 366 g/mol. The lowest BCUT2D eigenvalue weighted by Crippen LogP contribution is -2.38. The van der Waals surface area contributed by atoms with Gasteiger partial charge in [-0.3, -0.25) is 4.90 Å². The number of morpholine rings is 1. The number of rotatable bonds is 4. The lowest BCUT2D eigenvalue weighted by atomic mass is 10.0. The summed E-state index contributed by atoms with van der Waals surface area (Å²) in [5.74, 6) is 1.60. The highest BCUT2D eigenvalue weighted by molar-refractivity contribution is 5.54. The van der Waals surface area contributed by atoms with Crippen LogP contribution in [-0.4, -0.2) is 39.4 Å². The highest BCUT2D eigenvalue weighted by Gasteiger charge is 2.24. The molecule has 0 radical (unpaired) electrons. The minimum atomic E-state index is -0.182. The Morgan fingerprint density at radius 2 is 1.96 bits per heavy atom. The van der Waals surface area contributed by atoms with Gasteiger partial charge in [0, 0.05) is 25.7 Å². The summed E-state index contributed by atoms with van der Waals surface area (Å²) in [4.78, 5) is 2.31. The first kappa shape index (κ1) is 17.8. The van der Waals surface area contributed by atoms with Crippen LogP contribution in [-0.2, 0) is 18.3 Å². The molecule has 0 aliphatic carbocycles. The van der Waals surface area contributed by atoms with Gasteiger partial charge in [0.1, 0.15) is 11.6 Å². The Morgan fingerprint density at radius 3 is 2.74 bits per heavy atom. The first-order valence-electron chi connectivity index (χ1n) is 9.15. The van der Waals surface area contributed by atoms with E-state index in [1.54, 1.807) is 6.92 Å². The molecule has 1 aromatic heterocycles. The van der Waals surface area contributed by atoms with E-state index in [2.05, 4.69) is 15.1 Å². The van der Waals surface area contributed by atoms with Gasteiger partial charge in [-0.05, 0) is 24.1 Å². The molecular weight excluding hydrogens is 343 g/mol. The quantitative estimate of drug-likeness (QED) is 0.709. The zero-order chi connectivity index (χ0) is 18.8. The molecule has 4 rings (SSSR count). The van der Waals surface area contributed by atoms with Crippen molar-refractivity contribution in [3.63, 3.8) is 0 Å². The Morgan fingerprint density at radius 1 is 1.15 bits per heavy atom. The van der Waals surface area contributed by atoms with Crippen LogP contribution in [0.5, 0.6) is 0 Å². The number of aromatic nitrogens is 3. The van der Waals surface area contributed by atoms with Crippen molar-refractivity contribution in [2.75, 3.05) is 19.7 Å². The summed E-state index contributed by atoms with van der Waals surface area (Å²) in [5, 5.41) is 8.75. The van der Waals surface area contributed by atoms with Crippen molar-refractivity contribution in [1.29, 1.82) is 0 Å². The van der Waals surface area contributed by atoms with Gasteiger partial charge in [-0.2, -0.15) is 0 Å². The van der Waals surface area contributed by atoms with Crippen molar-refractivity contribution < 1.29 is 9.13 Å². The maximum atomic E-state index is 13.5. The lowest BCUT2D eigenvalue weighted by molar-refractivity contribution is -0.0339. The number of hydrogen-bond donors (Lipinski definition) is 0. The van der Waals surface area contributed by atoms with Gasteiger partial charge in [-0.15, -0.1) is 10.2 Å². The zero-order valence-electron chi connectivity index (χ0n) is 15.6. The normalized spacial score (nSPS) is 18.0. The Kier molecular flexibility index (Phi) is 5.01. The third-order valence-corrected chi connectivity index (χ3v) is 5.07. The molecule has 2 aromatic carbocycles. The van der Waals surface area contributed by atoms with Crippen molar-refractivity contribution in [1.82, 2.24) is 19.7 Å². The largest absolute Gasteiger partial charge is 0.371 e. The molecule has 1 unspecified atom stereocenters. The van der Waals surface area contributed by atoms with Crippen molar-refractivity contribution in [2.24, 2.45) is 7.05 Å². The van der Waals surface area contributed by atoms with Gasteiger partial charge in [0.2, 0.25) is 0 Å². The predicted molar refractivity (Wildman–Crippen MR) is 102 cm³/mol. The van der Waals surface area contributed by atoms with Crippen molar-refractivity contribution in [3.05, 3.63) is 71.3 Å². The first-order chi connectivity index (χ1) is 13.1. The van der Waals surface area contributed by atoms with E-state index in [-0.39, 0.29) is 11.9 Å². The summed E-state index contributed by atoms with van der Waals surface area (Å²) >= 11 is 0. The molecule has 1 aliphatic rings. The molecule has 1 aliphatic heterocycles. The number of nitrogens with zero attached hydrogens (tertiary/aromatic N) is 4. The van der Waals surface area contributed by atoms with Gasteiger partial charge in [-0.1, -0.05) is 42.5 Å². The molecule has 27 heavy (non-hydrogen) atoms. The SMILES string of the molecule is Cc1cc(C2CN(Cc3nnc(-c4ccccc4)n3C)CCO2)ccc1F. The number of halogens is 1. The Bertz CT molecular complexity index is 925. The molecule has 2 heterocycles. The molecular formula is C21H23FN4O. The van der Waals surface area contributed by atoms with Crippen LogP contribution < -0.4 is 0 Å². The number of benzene rings is 2. The average Bonchev–Trinajstić information content (AvgIpc) is 3.05. The first-order valence-corrected chi connectivity index (χ1v) is 9.15. The third-order valence-electron chi connectivity index (χ3n) is 5.07. The molecule has 5 nitrogen and oxygen atoms in total. The third kappa shape index (κ3) is 3.77. The second-order valence-corrected chi connectivity index (χ2v) is 6.97. The van der Waals surface area contributed by atoms with Gasteiger partial charge in [0.25, 0.3) is 0 Å². The molecule has 3 aromatic rings. The van der Waals surface area contributed by atoms with Gasteiger partial charge in [0.15, 0.2) is 5.82 Å². The Hall–Kier alpha value is -2.57. The van der Waals surface area contributed by atoms with Crippen LogP contribution in [0.2, 0.25) is 0 Å². The molecule has 1 atom stereocenters. The molecule has 1 saturated heterocycles. The molecule has 1 fully saturated rings. The molecule has 0 saturated carbocycles. The number of hydrogen-bond acceptors (Lipinski definition) is 4.